The first-order chi connectivity index (χ1) is 15.0. The highest BCUT2D eigenvalue weighted by atomic mass is 32.2. The van der Waals surface area contributed by atoms with Crippen LogP contribution in [-0.4, -0.2) is 32.5 Å². The third-order valence-corrected chi connectivity index (χ3v) is 6.80. The van der Waals surface area contributed by atoms with Gasteiger partial charge in [-0.05, 0) is 50.3 Å². The van der Waals surface area contributed by atoms with E-state index in [1.165, 1.54) is 43.0 Å². The Labute approximate surface area is 190 Å². The molecule has 31 heavy (non-hydrogen) atoms. The summed E-state index contributed by atoms with van der Waals surface area (Å²) in [7, 11) is 0. The molecule has 3 rings (SSSR count). The average molecular weight is 445 g/mol. The maximum Gasteiger partial charge on any atom is 0.230 e. The topological polar surface area (TPSA) is 69.0 Å². The van der Waals surface area contributed by atoms with Crippen LogP contribution in [0.3, 0.4) is 0 Å². The number of ether oxygens (including phenoxy) is 1. The Kier molecular flexibility index (Phi) is 8.81. The van der Waals surface area contributed by atoms with Gasteiger partial charge in [0.25, 0.3) is 0 Å². The number of rotatable bonds is 9. The number of carbonyl (C=O) groups is 1. The number of nitrogens with one attached hydrogen (secondary N) is 1. The van der Waals surface area contributed by atoms with Crippen molar-refractivity contribution in [2.75, 3.05) is 5.75 Å². The van der Waals surface area contributed by atoms with Crippen molar-refractivity contribution in [3.05, 3.63) is 35.7 Å². The first-order valence-corrected chi connectivity index (χ1v) is 12.6. The molecule has 1 aliphatic carbocycles. The zero-order valence-corrected chi connectivity index (χ0v) is 20.1. The summed E-state index contributed by atoms with van der Waals surface area (Å²) in [6.07, 6.45) is 6.95. The molecule has 1 amide bonds. The zero-order chi connectivity index (χ0) is 22.2. The fourth-order valence-corrected chi connectivity index (χ4v) is 4.84. The molecule has 0 spiro atoms. The molecule has 1 aromatic heterocycles. The van der Waals surface area contributed by atoms with Gasteiger partial charge in [0.2, 0.25) is 5.91 Å². The molecule has 0 saturated heterocycles. The SMILES string of the molecule is CCn1c(SCC(=O)NC2CCCCCC2)nnc1C(C)Oc1ccc(C(C)C)cc1. The number of hydrogen-bond donors (Lipinski definition) is 1. The summed E-state index contributed by atoms with van der Waals surface area (Å²) in [6.45, 7) is 9.14. The summed E-state index contributed by atoms with van der Waals surface area (Å²) in [6, 6.07) is 8.54. The summed E-state index contributed by atoms with van der Waals surface area (Å²) >= 11 is 1.44. The van der Waals surface area contributed by atoms with E-state index in [0.717, 1.165) is 36.1 Å². The molecule has 0 aliphatic heterocycles. The van der Waals surface area contributed by atoms with Crippen LogP contribution in [0.5, 0.6) is 5.75 Å². The van der Waals surface area contributed by atoms with E-state index in [-0.39, 0.29) is 12.0 Å². The van der Waals surface area contributed by atoms with Crippen LogP contribution in [0.15, 0.2) is 29.4 Å². The van der Waals surface area contributed by atoms with Gasteiger partial charge in [0.15, 0.2) is 17.1 Å². The maximum absolute atomic E-state index is 12.4. The van der Waals surface area contributed by atoms with E-state index in [1.54, 1.807) is 0 Å². The van der Waals surface area contributed by atoms with Crippen LogP contribution in [0.25, 0.3) is 0 Å². The number of thioether (sulfide) groups is 1. The predicted octanol–water partition coefficient (Wildman–Crippen LogP) is 5.49. The van der Waals surface area contributed by atoms with E-state index in [4.69, 9.17) is 4.74 Å². The second-order valence-corrected chi connectivity index (χ2v) is 9.56. The lowest BCUT2D eigenvalue weighted by atomic mass is 10.0. The molecule has 2 aromatic rings. The van der Waals surface area contributed by atoms with Gasteiger partial charge in [-0.3, -0.25) is 4.79 Å². The monoisotopic (exact) mass is 444 g/mol. The highest BCUT2D eigenvalue weighted by molar-refractivity contribution is 7.99. The summed E-state index contributed by atoms with van der Waals surface area (Å²) in [5.74, 6) is 2.54. The number of benzene rings is 1. The van der Waals surface area contributed by atoms with Gasteiger partial charge < -0.3 is 14.6 Å². The van der Waals surface area contributed by atoms with Gasteiger partial charge in [-0.15, -0.1) is 10.2 Å². The lowest BCUT2D eigenvalue weighted by molar-refractivity contribution is -0.119. The van der Waals surface area contributed by atoms with E-state index >= 15 is 0 Å². The smallest absolute Gasteiger partial charge is 0.230 e. The van der Waals surface area contributed by atoms with Crippen molar-refractivity contribution in [1.29, 1.82) is 0 Å². The van der Waals surface area contributed by atoms with Gasteiger partial charge in [-0.2, -0.15) is 0 Å². The minimum absolute atomic E-state index is 0.0821. The molecule has 1 aromatic carbocycles. The Hall–Kier alpha value is -2.02. The lowest BCUT2D eigenvalue weighted by Gasteiger charge is -2.17. The molecule has 1 heterocycles. The third kappa shape index (κ3) is 6.73. The van der Waals surface area contributed by atoms with Gasteiger partial charge in [-0.1, -0.05) is 63.4 Å². The molecular formula is C24H36N4O2S. The molecule has 1 atom stereocenters. The van der Waals surface area contributed by atoms with Crippen LogP contribution in [0.2, 0.25) is 0 Å². The van der Waals surface area contributed by atoms with Crippen molar-refractivity contribution in [3.8, 4) is 5.75 Å². The fraction of sp³-hybridized carbons (Fsp3) is 0.625. The normalized spacial score (nSPS) is 16.2. The van der Waals surface area contributed by atoms with E-state index in [0.29, 0.717) is 17.7 Å². The van der Waals surface area contributed by atoms with Crippen LogP contribution in [0.4, 0.5) is 0 Å². The standard InChI is InChI=1S/C24H36N4O2S/c1-5-28-23(18(4)30-21-14-12-19(13-15-21)17(2)3)26-27-24(28)31-16-22(29)25-20-10-8-6-7-9-11-20/h12-15,17-18,20H,5-11,16H2,1-4H3,(H,25,29). The predicted molar refractivity (Wildman–Crippen MR) is 126 cm³/mol. The van der Waals surface area contributed by atoms with Gasteiger partial charge in [0.05, 0.1) is 5.75 Å². The van der Waals surface area contributed by atoms with Gasteiger partial charge in [0.1, 0.15) is 5.75 Å². The molecule has 6 nitrogen and oxygen atoms in total. The summed E-state index contributed by atoms with van der Waals surface area (Å²) < 4.78 is 8.16. The maximum atomic E-state index is 12.4. The van der Waals surface area contributed by atoms with Gasteiger partial charge in [0, 0.05) is 12.6 Å². The number of carbonyl (C=O) groups excluding carboxylic acids is 1. The second kappa shape index (κ2) is 11.6. The van der Waals surface area contributed by atoms with E-state index in [9.17, 15) is 4.79 Å². The van der Waals surface area contributed by atoms with Crippen molar-refractivity contribution >= 4 is 17.7 Å². The summed E-state index contributed by atoms with van der Waals surface area (Å²) in [4.78, 5) is 12.4. The first kappa shape index (κ1) is 23.6. The Bertz CT molecular complexity index is 827. The number of amides is 1. The van der Waals surface area contributed by atoms with Crippen LogP contribution in [0.1, 0.15) is 89.6 Å². The molecule has 170 valence electrons. The Balaban J connectivity index is 1.57. The van der Waals surface area contributed by atoms with Crippen molar-refractivity contribution in [2.24, 2.45) is 0 Å². The number of nitrogens with zero attached hydrogens (tertiary/aromatic N) is 3. The number of hydrogen-bond acceptors (Lipinski definition) is 5. The third-order valence-electron chi connectivity index (χ3n) is 5.84. The van der Waals surface area contributed by atoms with Crippen LogP contribution in [-0.2, 0) is 11.3 Å². The number of aromatic nitrogens is 3. The highest BCUT2D eigenvalue weighted by Crippen LogP contribution is 2.26. The largest absolute Gasteiger partial charge is 0.483 e. The van der Waals surface area contributed by atoms with Crippen molar-refractivity contribution in [1.82, 2.24) is 20.1 Å². The van der Waals surface area contributed by atoms with Gasteiger partial charge in [-0.25, -0.2) is 0 Å². The Morgan fingerprint density at radius 2 is 1.81 bits per heavy atom. The molecule has 7 heteroatoms. The second-order valence-electron chi connectivity index (χ2n) is 8.61. The fourth-order valence-electron chi connectivity index (χ4n) is 4.02. The molecule has 1 aliphatic rings. The molecule has 0 radical (unpaired) electrons. The summed E-state index contributed by atoms with van der Waals surface area (Å²) in [5.41, 5.74) is 1.29. The molecular weight excluding hydrogens is 408 g/mol. The van der Waals surface area contributed by atoms with Crippen LogP contribution < -0.4 is 10.1 Å². The first-order valence-electron chi connectivity index (χ1n) is 11.6. The van der Waals surface area contributed by atoms with E-state index in [2.05, 4.69) is 48.4 Å². The van der Waals surface area contributed by atoms with E-state index in [1.807, 2.05) is 23.6 Å². The Morgan fingerprint density at radius 1 is 1.13 bits per heavy atom. The van der Waals surface area contributed by atoms with Crippen molar-refractivity contribution in [3.63, 3.8) is 0 Å². The molecule has 0 bridgehead atoms. The molecule has 1 unspecified atom stereocenters. The minimum atomic E-state index is -0.230. The van der Waals surface area contributed by atoms with Crippen molar-refractivity contribution < 1.29 is 9.53 Å². The zero-order valence-electron chi connectivity index (χ0n) is 19.3. The lowest BCUT2D eigenvalue weighted by Crippen LogP contribution is -2.35. The quantitative estimate of drug-likeness (QED) is 0.409. The highest BCUT2D eigenvalue weighted by Gasteiger charge is 2.20. The van der Waals surface area contributed by atoms with Crippen LogP contribution in [0, 0.1) is 0 Å². The van der Waals surface area contributed by atoms with Crippen LogP contribution >= 0.6 is 11.8 Å². The molecule has 1 fully saturated rings. The minimum Gasteiger partial charge on any atom is -0.483 e. The summed E-state index contributed by atoms with van der Waals surface area (Å²) in [5, 5.41) is 12.7. The van der Waals surface area contributed by atoms with Gasteiger partial charge >= 0.3 is 0 Å². The Morgan fingerprint density at radius 3 is 2.42 bits per heavy atom. The van der Waals surface area contributed by atoms with Crippen molar-refractivity contribution in [2.45, 2.75) is 96.0 Å². The average Bonchev–Trinajstić information content (AvgIpc) is 3.00. The molecule has 1 N–H and O–H groups in total. The molecule has 1 saturated carbocycles. The van der Waals surface area contributed by atoms with E-state index < -0.39 is 0 Å².